The summed E-state index contributed by atoms with van der Waals surface area (Å²) in [5.74, 6) is 1.92. The van der Waals surface area contributed by atoms with Crippen LogP contribution in [-0.4, -0.2) is 19.9 Å². The van der Waals surface area contributed by atoms with Gasteiger partial charge in [0.05, 0.1) is 0 Å². The molecule has 0 bridgehead atoms. The third kappa shape index (κ3) is 6.50. The van der Waals surface area contributed by atoms with Crippen LogP contribution in [0.15, 0.2) is 207 Å². The molecule has 0 aliphatic carbocycles. The van der Waals surface area contributed by atoms with Gasteiger partial charge in [0, 0.05) is 34.5 Å². The van der Waals surface area contributed by atoms with Crippen LogP contribution >= 0.6 is 0 Å². The van der Waals surface area contributed by atoms with E-state index >= 15 is 0 Å². The number of fused-ring (bicyclic) bond motifs is 3. The molecule has 262 valence electrons. The van der Waals surface area contributed by atoms with Crippen molar-refractivity contribution in [3.05, 3.63) is 207 Å². The van der Waals surface area contributed by atoms with E-state index in [9.17, 15) is 0 Å². The zero-order chi connectivity index (χ0) is 37.3. The first-order chi connectivity index (χ1) is 27.7. The first kappa shape index (κ1) is 33.0. The van der Waals surface area contributed by atoms with Gasteiger partial charge in [0.25, 0.3) is 0 Å². The number of pyridine rings is 1. The molecule has 0 radical (unpaired) electrons. The molecule has 10 rings (SSSR count). The molecule has 0 atom stereocenters. The highest BCUT2D eigenvalue weighted by Crippen LogP contribution is 2.34. The van der Waals surface area contributed by atoms with Gasteiger partial charge in [-0.1, -0.05) is 170 Å². The van der Waals surface area contributed by atoms with Gasteiger partial charge in [0.2, 0.25) is 0 Å². The van der Waals surface area contributed by atoms with Crippen molar-refractivity contribution >= 4 is 21.5 Å². The Balaban J connectivity index is 0.951. The van der Waals surface area contributed by atoms with Crippen molar-refractivity contribution in [3.8, 4) is 78.7 Å². The molecule has 2 aromatic heterocycles. The van der Waals surface area contributed by atoms with Gasteiger partial charge in [-0.3, -0.25) is 4.98 Å². The second-order valence-electron chi connectivity index (χ2n) is 14.0. The van der Waals surface area contributed by atoms with Crippen molar-refractivity contribution < 1.29 is 0 Å². The normalized spacial score (nSPS) is 11.2. The Morgan fingerprint density at radius 1 is 0.250 bits per heavy atom. The maximum atomic E-state index is 5.03. The molecular weight excluding hydrogens is 681 g/mol. The first-order valence-corrected chi connectivity index (χ1v) is 18.8. The first-order valence-electron chi connectivity index (χ1n) is 18.8. The minimum absolute atomic E-state index is 0.634. The fraction of sp³-hybridized carbons (Fsp3) is 0. The summed E-state index contributed by atoms with van der Waals surface area (Å²) in [6.07, 6.45) is 3.80. The van der Waals surface area contributed by atoms with E-state index < -0.39 is 0 Å². The zero-order valence-corrected chi connectivity index (χ0v) is 30.4. The minimum atomic E-state index is 0.634. The van der Waals surface area contributed by atoms with Crippen LogP contribution in [-0.2, 0) is 0 Å². The van der Waals surface area contributed by atoms with Gasteiger partial charge in [-0.05, 0) is 84.9 Å². The van der Waals surface area contributed by atoms with Gasteiger partial charge in [0.15, 0.2) is 17.5 Å². The smallest absolute Gasteiger partial charge is 0.164 e. The number of rotatable bonds is 7. The summed E-state index contributed by atoms with van der Waals surface area (Å²) < 4.78 is 0. The van der Waals surface area contributed by atoms with E-state index in [0.717, 1.165) is 38.9 Å². The van der Waals surface area contributed by atoms with E-state index in [1.54, 1.807) is 0 Å². The Labute approximate surface area is 325 Å². The lowest BCUT2D eigenvalue weighted by Gasteiger charge is -2.11. The van der Waals surface area contributed by atoms with E-state index in [1.807, 2.05) is 48.8 Å². The standard InChI is InChI=1S/C52H34N4/c1-3-9-35(10-4-1)36-21-24-41(25-22-36)51-54-50(40-11-5-2-6-12-40)55-52(56-51)47-16-8-14-43(33-47)38-19-17-37(18-20-38)42-13-7-15-44(31-42)45-27-28-48-46(32-45)26-23-39-29-30-53-34-49(39)48/h1-34H. The van der Waals surface area contributed by atoms with Gasteiger partial charge < -0.3 is 0 Å². The number of hydrogen-bond donors (Lipinski definition) is 0. The topological polar surface area (TPSA) is 51.6 Å². The highest BCUT2D eigenvalue weighted by Gasteiger charge is 2.14. The predicted octanol–water partition coefficient (Wildman–Crippen LogP) is 13.2. The van der Waals surface area contributed by atoms with Crippen LogP contribution in [0.1, 0.15) is 0 Å². The van der Waals surface area contributed by atoms with E-state index in [0.29, 0.717) is 17.5 Å². The lowest BCUT2D eigenvalue weighted by atomic mass is 9.95. The summed E-state index contributed by atoms with van der Waals surface area (Å²) in [5, 5.41) is 4.81. The molecule has 2 heterocycles. The summed E-state index contributed by atoms with van der Waals surface area (Å²) in [7, 11) is 0. The van der Waals surface area contributed by atoms with E-state index in [2.05, 4.69) is 163 Å². The molecule has 0 N–H and O–H groups in total. The highest BCUT2D eigenvalue weighted by molar-refractivity contribution is 6.08. The summed E-state index contributed by atoms with van der Waals surface area (Å²) >= 11 is 0. The lowest BCUT2D eigenvalue weighted by molar-refractivity contribution is 1.07. The summed E-state index contributed by atoms with van der Waals surface area (Å²) in [5.41, 5.74) is 12.1. The van der Waals surface area contributed by atoms with Crippen LogP contribution < -0.4 is 0 Å². The molecule has 0 aliphatic heterocycles. The third-order valence-electron chi connectivity index (χ3n) is 10.4. The van der Waals surface area contributed by atoms with Crippen molar-refractivity contribution in [3.63, 3.8) is 0 Å². The number of nitrogens with zero attached hydrogens (tertiary/aromatic N) is 4. The maximum Gasteiger partial charge on any atom is 0.164 e. The van der Waals surface area contributed by atoms with Gasteiger partial charge in [-0.15, -0.1) is 0 Å². The molecule has 0 unspecified atom stereocenters. The largest absolute Gasteiger partial charge is 0.264 e. The van der Waals surface area contributed by atoms with Crippen LogP contribution in [0.2, 0.25) is 0 Å². The zero-order valence-electron chi connectivity index (χ0n) is 30.4. The molecule has 0 amide bonds. The fourth-order valence-corrected chi connectivity index (χ4v) is 7.44. The quantitative estimate of drug-likeness (QED) is 0.154. The molecule has 0 saturated carbocycles. The summed E-state index contributed by atoms with van der Waals surface area (Å²) in [6, 6.07) is 68.1. The van der Waals surface area contributed by atoms with Crippen molar-refractivity contribution in [2.45, 2.75) is 0 Å². The van der Waals surface area contributed by atoms with Gasteiger partial charge in [0.1, 0.15) is 0 Å². The van der Waals surface area contributed by atoms with Crippen LogP contribution in [0.25, 0.3) is 100 Å². The molecule has 0 spiro atoms. The second-order valence-corrected chi connectivity index (χ2v) is 14.0. The summed E-state index contributed by atoms with van der Waals surface area (Å²) in [4.78, 5) is 19.3. The van der Waals surface area contributed by atoms with E-state index in [1.165, 1.54) is 43.8 Å². The van der Waals surface area contributed by atoms with Crippen molar-refractivity contribution in [2.24, 2.45) is 0 Å². The number of hydrogen-bond acceptors (Lipinski definition) is 4. The average Bonchev–Trinajstić information content (AvgIpc) is 3.29. The Morgan fingerprint density at radius 2 is 0.661 bits per heavy atom. The Kier molecular flexibility index (Phi) is 8.47. The summed E-state index contributed by atoms with van der Waals surface area (Å²) in [6.45, 7) is 0. The number of benzene rings is 8. The second kappa shape index (κ2) is 14.3. The van der Waals surface area contributed by atoms with Gasteiger partial charge >= 0.3 is 0 Å². The molecule has 56 heavy (non-hydrogen) atoms. The molecular formula is C52H34N4. The molecule has 4 nitrogen and oxygen atoms in total. The Bertz CT molecular complexity index is 2990. The highest BCUT2D eigenvalue weighted by atomic mass is 15.0. The minimum Gasteiger partial charge on any atom is -0.264 e. The van der Waals surface area contributed by atoms with Crippen molar-refractivity contribution in [2.75, 3.05) is 0 Å². The molecule has 0 fully saturated rings. The van der Waals surface area contributed by atoms with Crippen LogP contribution in [0.5, 0.6) is 0 Å². The Morgan fingerprint density at radius 3 is 1.30 bits per heavy atom. The van der Waals surface area contributed by atoms with Gasteiger partial charge in [-0.2, -0.15) is 0 Å². The van der Waals surface area contributed by atoms with Crippen molar-refractivity contribution in [1.82, 2.24) is 19.9 Å². The van der Waals surface area contributed by atoms with Crippen LogP contribution in [0, 0.1) is 0 Å². The number of aromatic nitrogens is 4. The molecule has 4 heteroatoms. The molecule has 0 saturated heterocycles. The monoisotopic (exact) mass is 714 g/mol. The van der Waals surface area contributed by atoms with Gasteiger partial charge in [-0.25, -0.2) is 15.0 Å². The average molecular weight is 715 g/mol. The Hall–Kier alpha value is -7.56. The molecule has 0 aliphatic rings. The third-order valence-corrected chi connectivity index (χ3v) is 10.4. The molecule has 10 aromatic rings. The van der Waals surface area contributed by atoms with Crippen LogP contribution in [0.4, 0.5) is 0 Å². The predicted molar refractivity (Wildman–Crippen MR) is 231 cm³/mol. The molecule has 8 aromatic carbocycles. The fourth-order valence-electron chi connectivity index (χ4n) is 7.44. The van der Waals surface area contributed by atoms with E-state index in [-0.39, 0.29) is 0 Å². The van der Waals surface area contributed by atoms with Crippen molar-refractivity contribution in [1.29, 1.82) is 0 Å². The SMILES string of the molecule is c1ccc(-c2ccc(-c3nc(-c4ccccc4)nc(-c4cccc(-c5ccc(-c6cccc(-c7ccc8c(ccc9ccncc98)c7)c6)cc5)c4)n3)cc2)cc1. The lowest BCUT2D eigenvalue weighted by Crippen LogP contribution is -2.00. The van der Waals surface area contributed by atoms with Crippen LogP contribution in [0.3, 0.4) is 0 Å². The maximum absolute atomic E-state index is 5.03. The van der Waals surface area contributed by atoms with E-state index in [4.69, 9.17) is 15.0 Å².